The van der Waals surface area contributed by atoms with E-state index in [1.165, 1.54) is 43.4 Å². The lowest BCUT2D eigenvalue weighted by Crippen LogP contribution is -1.96. The number of para-hydroxylation sites is 4. The third kappa shape index (κ3) is 4.06. The number of fused-ring (bicyclic) bond motifs is 17. The number of hydrogen-bond acceptors (Lipinski definition) is 3. The van der Waals surface area contributed by atoms with E-state index in [1.54, 1.807) is 0 Å². The molecule has 0 aliphatic carbocycles. The number of nitrogens with zero attached hydrogens (tertiary/aromatic N) is 4. The smallest absolute Gasteiger partial charge is 0.153 e. The second-order valence-electron chi connectivity index (χ2n) is 15.5. The maximum absolute atomic E-state index is 6.26. The molecular formula is C53H30N4O2. The Hall–Kier alpha value is -8.09. The van der Waals surface area contributed by atoms with Crippen LogP contribution in [0.4, 0.5) is 0 Å². The van der Waals surface area contributed by atoms with Gasteiger partial charge >= 0.3 is 0 Å². The lowest BCUT2D eigenvalue weighted by molar-refractivity contribution is 0.668. The first-order valence-electron chi connectivity index (χ1n) is 20.0. The Morgan fingerprint density at radius 2 is 0.847 bits per heavy atom. The van der Waals surface area contributed by atoms with Crippen molar-refractivity contribution >= 4 is 109 Å². The summed E-state index contributed by atoms with van der Waals surface area (Å²) in [5.74, 6) is 0. The lowest BCUT2D eigenvalue weighted by atomic mass is 10.1. The van der Waals surface area contributed by atoms with Gasteiger partial charge in [-0.3, -0.25) is 4.98 Å². The fourth-order valence-electron chi connectivity index (χ4n) is 10.1. The zero-order chi connectivity index (χ0) is 38.3. The van der Waals surface area contributed by atoms with Gasteiger partial charge < -0.3 is 22.5 Å². The normalized spacial score (nSPS) is 12.4. The number of pyridine rings is 1. The molecule has 6 heteroatoms. The topological polar surface area (TPSA) is 54.0 Å². The minimum Gasteiger partial charge on any atom is -0.456 e. The van der Waals surface area contributed by atoms with Gasteiger partial charge in [-0.2, -0.15) is 0 Å². The molecule has 0 saturated carbocycles. The highest BCUT2D eigenvalue weighted by Crippen LogP contribution is 2.46. The molecule has 8 aromatic carbocycles. The molecule has 6 nitrogen and oxygen atoms in total. The van der Waals surface area contributed by atoms with Crippen LogP contribution in [0.3, 0.4) is 0 Å². The number of furan rings is 2. The fourth-order valence-corrected chi connectivity index (χ4v) is 10.1. The van der Waals surface area contributed by atoms with Gasteiger partial charge in [0.1, 0.15) is 22.3 Å². The summed E-state index contributed by atoms with van der Waals surface area (Å²) >= 11 is 0. The Bertz CT molecular complexity index is 3840. The molecule has 0 saturated heterocycles. The number of benzene rings is 8. The molecule has 0 N–H and O–H groups in total. The second-order valence-corrected chi connectivity index (χ2v) is 15.5. The molecule has 6 heterocycles. The molecule has 274 valence electrons. The van der Waals surface area contributed by atoms with E-state index in [4.69, 9.17) is 13.8 Å². The van der Waals surface area contributed by atoms with Crippen molar-refractivity contribution in [3.8, 4) is 17.1 Å². The largest absolute Gasteiger partial charge is 0.456 e. The third-order valence-corrected chi connectivity index (χ3v) is 12.5. The SMILES string of the molecule is c1ccc(-n2c3c(ccc4c3c3ccccc3n4-c3ccc4oc5ccccc5c4c3)c3ccc4c(c5ccccc5n4-c4ccc5oc6cccnc6c5c4)c32)cc1. The monoisotopic (exact) mass is 754 g/mol. The van der Waals surface area contributed by atoms with E-state index >= 15 is 0 Å². The molecule has 0 atom stereocenters. The van der Waals surface area contributed by atoms with Gasteiger partial charge in [0, 0.05) is 71.7 Å². The van der Waals surface area contributed by atoms with Crippen molar-refractivity contribution < 1.29 is 8.83 Å². The standard InChI is InChI=1S/C53H30N4O2/c1-2-11-31(12-3-1)57-52-35(22-24-43-49(52)37-14-4-7-16-41(37)55(43)32-20-26-46-39(29-32)34-13-6-9-18-45(34)58-46)36-23-25-44-50(53(36)57)38-15-5-8-17-42(38)56(44)33-21-27-47-40(30-33)51-48(59-47)19-10-28-54-51/h1-30H. The van der Waals surface area contributed by atoms with Crippen LogP contribution in [-0.2, 0) is 0 Å². The lowest BCUT2D eigenvalue weighted by Gasteiger charge is -2.11. The van der Waals surface area contributed by atoms with Gasteiger partial charge in [-0.1, -0.05) is 84.9 Å². The maximum Gasteiger partial charge on any atom is 0.153 e. The van der Waals surface area contributed by atoms with Crippen LogP contribution in [0.25, 0.3) is 126 Å². The highest BCUT2D eigenvalue weighted by atomic mass is 16.3. The molecule has 0 amide bonds. The molecule has 14 aromatic rings. The first-order valence-corrected chi connectivity index (χ1v) is 20.0. The van der Waals surface area contributed by atoms with Crippen LogP contribution in [0, 0.1) is 0 Å². The third-order valence-electron chi connectivity index (χ3n) is 12.5. The van der Waals surface area contributed by atoms with Gasteiger partial charge in [0.2, 0.25) is 0 Å². The maximum atomic E-state index is 6.26. The van der Waals surface area contributed by atoms with Crippen LogP contribution >= 0.6 is 0 Å². The van der Waals surface area contributed by atoms with Crippen molar-refractivity contribution in [2.24, 2.45) is 0 Å². The second kappa shape index (κ2) is 11.3. The average molecular weight is 755 g/mol. The summed E-state index contributed by atoms with van der Waals surface area (Å²) < 4.78 is 19.8. The van der Waals surface area contributed by atoms with Crippen molar-refractivity contribution in [2.45, 2.75) is 0 Å². The molecule has 14 rings (SSSR count). The number of aromatic nitrogens is 4. The van der Waals surface area contributed by atoms with Crippen LogP contribution in [0.5, 0.6) is 0 Å². The number of hydrogen-bond donors (Lipinski definition) is 0. The van der Waals surface area contributed by atoms with Crippen LogP contribution < -0.4 is 0 Å². The van der Waals surface area contributed by atoms with E-state index in [9.17, 15) is 0 Å². The first kappa shape index (κ1) is 31.0. The van der Waals surface area contributed by atoms with Gasteiger partial charge in [0.15, 0.2) is 5.58 Å². The highest BCUT2D eigenvalue weighted by molar-refractivity contribution is 6.31. The molecular weight excluding hydrogens is 725 g/mol. The molecule has 0 unspecified atom stereocenters. The molecule has 0 aliphatic rings. The van der Waals surface area contributed by atoms with E-state index in [2.05, 4.69) is 165 Å². The van der Waals surface area contributed by atoms with Crippen LogP contribution in [0.2, 0.25) is 0 Å². The van der Waals surface area contributed by atoms with E-state index in [0.717, 1.165) is 83.1 Å². The van der Waals surface area contributed by atoms with Crippen molar-refractivity contribution in [3.05, 3.63) is 182 Å². The van der Waals surface area contributed by atoms with Crippen molar-refractivity contribution in [1.82, 2.24) is 18.7 Å². The average Bonchev–Trinajstić information content (AvgIpc) is 4.09. The van der Waals surface area contributed by atoms with Crippen molar-refractivity contribution in [1.29, 1.82) is 0 Å². The van der Waals surface area contributed by atoms with Gasteiger partial charge in [0.05, 0.1) is 33.1 Å². The van der Waals surface area contributed by atoms with E-state index in [1.807, 2.05) is 30.5 Å². The molecule has 59 heavy (non-hydrogen) atoms. The van der Waals surface area contributed by atoms with Crippen molar-refractivity contribution in [3.63, 3.8) is 0 Å². The zero-order valence-electron chi connectivity index (χ0n) is 31.4. The predicted molar refractivity (Wildman–Crippen MR) is 242 cm³/mol. The Balaban J connectivity index is 1.13. The van der Waals surface area contributed by atoms with Gasteiger partial charge in [-0.05, 0) is 91.0 Å². The summed E-state index contributed by atoms with van der Waals surface area (Å²) in [6, 6.07) is 63.0. The summed E-state index contributed by atoms with van der Waals surface area (Å²) in [5, 5.41) is 10.5. The highest BCUT2D eigenvalue weighted by Gasteiger charge is 2.25. The van der Waals surface area contributed by atoms with Gasteiger partial charge in [0.25, 0.3) is 0 Å². The molecule has 0 aliphatic heterocycles. The van der Waals surface area contributed by atoms with Crippen LogP contribution in [0.1, 0.15) is 0 Å². The molecule has 6 aromatic heterocycles. The van der Waals surface area contributed by atoms with Crippen molar-refractivity contribution in [2.75, 3.05) is 0 Å². The van der Waals surface area contributed by atoms with E-state index in [-0.39, 0.29) is 0 Å². The summed E-state index contributed by atoms with van der Waals surface area (Å²) in [7, 11) is 0. The molecule has 0 fully saturated rings. The Labute approximate surface area is 334 Å². The van der Waals surface area contributed by atoms with Crippen LogP contribution in [-0.4, -0.2) is 18.7 Å². The number of rotatable bonds is 3. The minimum atomic E-state index is 0.791. The summed E-state index contributed by atoms with van der Waals surface area (Å²) in [6.45, 7) is 0. The first-order chi connectivity index (χ1) is 29.3. The van der Waals surface area contributed by atoms with E-state index < -0.39 is 0 Å². The molecule has 0 bridgehead atoms. The zero-order valence-corrected chi connectivity index (χ0v) is 31.4. The summed E-state index contributed by atoms with van der Waals surface area (Å²) in [5.41, 5.74) is 14.5. The molecule has 0 radical (unpaired) electrons. The minimum absolute atomic E-state index is 0.791. The predicted octanol–water partition coefficient (Wildman–Crippen LogP) is 14.2. The summed E-state index contributed by atoms with van der Waals surface area (Å²) in [4.78, 5) is 4.70. The summed E-state index contributed by atoms with van der Waals surface area (Å²) in [6.07, 6.45) is 1.83. The van der Waals surface area contributed by atoms with Gasteiger partial charge in [-0.25, -0.2) is 0 Å². The Morgan fingerprint density at radius 1 is 0.322 bits per heavy atom. The van der Waals surface area contributed by atoms with E-state index in [0.29, 0.717) is 0 Å². The Morgan fingerprint density at radius 3 is 1.53 bits per heavy atom. The quantitative estimate of drug-likeness (QED) is 0.180. The Kier molecular flexibility index (Phi) is 5.93. The van der Waals surface area contributed by atoms with Crippen LogP contribution in [0.15, 0.2) is 191 Å². The van der Waals surface area contributed by atoms with Gasteiger partial charge in [-0.15, -0.1) is 0 Å². The molecule has 0 spiro atoms. The fraction of sp³-hybridized carbons (Fsp3) is 0.